The van der Waals surface area contributed by atoms with Gasteiger partial charge in [-0.05, 0) is 37.6 Å². The minimum absolute atomic E-state index is 0.0406. The maximum absolute atomic E-state index is 12.5. The molecule has 8 nitrogen and oxygen atoms in total. The van der Waals surface area contributed by atoms with Gasteiger partial charge in [0.15, 0.2) is 0 Å². The van der Waals surface area contributed by atoms with E-state index in [-0.39, 0.29) is 10.8 Å². The molecule has 164 valence electrons. The van der Waals surface area contributed by atoms with E-state index >= 15 is 0 Å². The average molecular weight is 462 g/mol. The van der Waals surface area contributed by atoms with E-state index in [1.165, 1.54) is 11.3 Å². The fraction of sp³-hybridized carbons (Fsp3) is 0.429. The van der Waals surface area contributed by atoms with Crippen molar-refractivity contribution in [2.24, 2.45) is 0 Å². The van der Waals surface area contributed by atoms with Gasteiger partial charge in [-0.1, -0.05) is 28.1 Å². The Balaban J connectivity index is 1.22. The van der Waals surface area contributed by atoms with Crippen LogP contribution in [0.1, 0.15) is 24.4 Å². The molecule has 0 radical (unpaired) electrons. The minimum atomic E-state index is 0.0406. The molecule has 1 aromatic carbocycles. The number of rotatable bonds is 7. The number of carbonyl (C=O) groups is 1. The number of hydrogen-bond acceptors (Lipinski definition) is 7. The van der Waals surface area contributed by atoms with Crippen molar-refractivity contribution in [2.45, 2.75) is 32.9 Å². The van der Waals surface area contributed by atoms with Gasteiger partial charge in [0, 0.05) is 60.8 Å². The number of aryl methyl sites for hydroxylation is 1. The molecule has 0 unspecified atom stereocenters. The van der Waals surface area contributed by atoms with Crippen molar-refractivity contribution in [1.29, 1.82) is 0 Å². The lowest BCUT2D eigenvalue weighted by molar-refractivity contribution is -0.133. The van der Waals surface area contributed by atoms with Gasteiger partial charge in [0.05, 0.1) is 6.54 Å². The Morgan fingerprint density at radius 1 is 1.19 bits per heavy atom. The number of nitrogens with zero attached hydrogens (tertiary/aromatic N) is 5. The molecule has 4 rings (SSSR count). The Labute approximate surface area is 189 Å². The number of halogens is 1. The van der Waals surface area contributed by atoms with Gasteiger partial charge in [0.2, 0.25) is 17.6 Å². The summed E-state index contributed by atoms with van der Waals surface area (Å²) in [6.45, 7) is 5.93. The quantitative estimate of drug-likeness (QED) is 0.537. The summed E-state index contributed by atoms with van der Waals surface area (Å²) in [6.07, 6.45) is 1.13. The third-order valence-corrected chi connectivity index (χ3v) is 6.54. The molecule has 1 amide bonds. The van der Waals surface area contributed by atoms with E-state index in [2.05, 4.69) is 15.0 Å². The van der Waals surface area contributed by atoms with Crippen molar-refractivity contribution in [1.82, 2.24) is 24.5 Å². The molecule has 0 bridgehead atoms. The van der Waals surface area contributed by atoms with Crippen LogP contribution >= 0.6 is 22.9 Å². The lowest BCUT2D eigenvalue weighted by Crippen LogP contribution is -2.48. The second-order valence-corrected chi connectivity index (χ2v) is 8.83. The smallest absolute Gasteiger partial charge is 0.307 e. The molecule has 0 atom stereocenters. The van der Waals surface area contributed by atoms with E-state index in [1.807, 2.05) is 29.3 Å². The third-order valence-electron chi connectivity index (χ3n) is 5.40. The molecule has 1 saturated heterocycles. The van der Waals surface area contributed by atoms with Gasteiger partial charge in [-0.25, -0.2) is 0 Å². The first kappa shape index (κ1) is 21.7. The van der Waals surface area contributed by atoms with Crippen LogP contribution in [0.15, 0.2) is 39.0 Å². The summed E-state index contributed by atoms with van der Waals surface area (Å²) < 4.78 is 7.13. The molecule has 1 fully saturated rings. The molecule has 10 heteroatoms. The molecular weight excluding hydrogens is 438 g/mol. The number of benzene rings is 1. The minimum Gasteiger partial charge on any atom is -0.340 e. The van der Waals surface area contributed by atoms with Crippen LogP contribution in [0, 0.1) is 6.92 Å². The van der Waals surface area contributed by atoms with E-state index < -0.39 is 0 Å². The summed E-state index contributed by atoms with van der Waals surface area (Å²) in [5, 5.41) is 6.56. The standard InChI is InChI=1S/C21H24ClN5O3S/c1-15-14-31-21(29)27(15)8-2-3-19(28)26-11-9-25(10-12-26)13-18-23-20(24-30-18)16-4-6-17(22)7-5-16/h4-7,14H,2-3,8-13H2,1H3. The van der Waals surface area contributed by atoms with Crippen LogP contribution in [0.25, 0.3) is 11.4 Å². The normalized spacial score (nSPS) is 14.8. The topological polar surface area (TPSA) is 84.5 Å². The van der Waals surface area contributed by atoms with Crippen molar-refractivity contribution >= 4 is 28.8 Å². The Morgan fingerprint density at radius 2 is 1.94 bits per heavy atom. The first-order chi connectivity index (χ1) is 15.0. The monoisotopic (exact) mass is 461 g/mol. The van der Waals surface area contributed by atoms with Gasteiger partial charge in [-0.15, -0.1) is 0 Å². The van der Waals surface area contributed by atoms with Crippen LogP contribution in [-0.2, 0) is 17.9 Å². The van der Waals surface area contributed by atoms with E-state index in [9.17, 15) is 9.59 Å². The van der Waals surface area contributed by atoms with E-state index in [0.29, 0.717) is 55.8 Å². The highest BCUT2D eigenvalue weighted by Crippen LogP contribution is 2.19. The molecular formula is C21H24ClN5O3S. The molecule has 0 saturated carbocycles. The Bertz CT molecular complexity index is 1080. The highest BCUT2D eigenvalue weighted by molar-refractivity contribution is 7.07. The molecule has 0 spiro atoms. The van der Waals surface area contributed by atoms with Gasteiger partial charge < -0.3 is 14.0 Å². The second-order valence-electron chi connectivity index (χ2n) is 7.57. The zero-order valence-electron chi connectivity index (χ0n) is 17.3. The zero-order valence-corrected chi connectivity index (χ0v) is 18.9. The van der Waals surface area contributed by atoms with Crippen molar-refractivity contribution in [2.75, 3.05) is 26.2 Å². The van der Waals surface area contributed by atoms with Crippen LogP contribution in [-0.4, -0.2) is 56.6 Å². The average Bonchev–Trinajstić information content (AvgIpc) is 3.36. The van der Waals surface area contributed by atoms with Gasteiger partial charge in [0.25, 0.3) is 0 Å². The van der Waals surface area contributed by atoms with Gasteiger partial charge in [-0.2, -0.15) is 4.98 Å². The first-order valence-electron chi connectivity index (χ1n) is 10.2. The SMILES string of the molecule is Cc1csc(=O)n1CCCC(=O)N1CCN(Cc2nc(-c3ccc(Cl)cc3)no2)CC1. The lowest BCUT2D eigenvalue weighted by atomic mass is 10.2. The maximum Gasteiger partial charge on any atom is 0.307 e. The Hall–Kier alpha value is -2.49. The summed E-state index contributed by atoms with van der Waals surface area (Å²) in [4.78, 5) is 32.9. The van der Waals surface area contributed by atoms with Crippen LogP contribution < -0.4 is 4.87 Å². The number of hydrogen-bond donors (Lipinski definition) is 0. The predicted octanol–water partition coefficient (Wildman–Crippen LogP) is 3.05. The van der Waals surface area contributed by atoms with Crippen LogP contribution in [0.4, 0.5) is 0 Å². The van der Waals surface area contributed by atoms with E-state index in [4.69, 9.17) is 16.1 Å². The summed E-state index contributed by atoms with van der Waals surface area (Å²) in [7, 11) is 0. The summed E-state index contributed by atoms with van der Waals surface area (Å²) in [5.41, 5.74) is 1.81. The van der Waals surface area contributed by atoms with Crippen molar-refractivity contribution < 1.29 is 9.32 Å². The van der Waals surface area contributed by atoms with Gasteiger partial charge in [-0.3, -0.25) is 14.5 Å². The summed E-state index contributed by atoms with van der Waals surface area (Å²) in [6, 6.07) is 7.31. The highest BCUT2D eigenvalue weighted by Gasteiger charge is 2.22. The zero-order chi connectivity index (χ0) is 21.8. The van der Waals surface area contributed by atoms with E-state index in [0.717, 1.165) is 24.3 Å². The molecule has 31 heavy (non-hydrogen) atoms. The van der Waals surface area contributed by atoms with Crippen LogP contribution in [0.2, 0.25) is 5.02 Å². The molecule has 1 aliphatic rings. The molecule has 0 N–H and O–H groups in total. The Morgan fingerprint density at radius 3 is 2.61 bits per heavy atom. The largest absolute Gasteiger partial charge is 0.340 e. The summed E-state index contributed by atoms with van der Waals surface area (Å²) in [5.74, 6) is 1.24. The van der Waals surface area contributed by atoms with Crippen molar-refractivity contribution in [3.8, 4) is 11.4 Å². The van der Waals surface area contributed by atoms with Crippen LogP contribution in [0.5, 0.6) is 0 Å². The highest BCUT2D eigenvalue weighted by atomic mass is 35.5. The number of amides is 1. The Kier molecular flexibility index (Phi) is 6.84. The summed E-state index contributed by atoms with van der Waals surface area (Å²) >= 11 is 7.12. The van der Waals surface area contributed by atoms with E-state index in [1.54, 1.807) is 16.7 Å². The molecule has 1 aliphatic heterocycles. The number of piperazine rings is 1. The third kappa shape index (κ3) is 5.41. The number of carbonyl (C=O) groups excluding carboxylic acids is 1. The molecule has 2 aromatic heterocycles. The maximum atomic E-state index is 12.5. The second kappa shape index (κ2) is 9.76. The first-order valence-corrected chi connectivity index (χ1v) is 11.5. The predicted molar refractivity (Wildman–Crippen MR) is 119 cm³/mol. The lowest BCUT2D eigenvalue weighted by Gasteiger charge is -2.34. The van der Waals surface area contributed by atoms with Gasteiger partial charge in [0.1, 0.15) is 0 Å². The van der Waals surface area contributed by atoms with Crippen molar-refractivity contribution in [3.63, 3.8) is 0 Å². The van der Waals surface area contributed by atoms with Crippen LogP contribution in [0.3, 0.4) is 0 Å². The van der Waals surface area contributed by atoms with Crippen molar-refractivity contribution in [3.05, 3.63) is 55.9 Å². The molecule has 3 heterocycles. The fourth-order valence-electron chi connectivity index (χ4n) is 3.60. The van der Waals surface area contributed by atoms with Gasteiger partial charge >= 0.3 is 4.87 Å². The molecule has 0 aliphatic carbocycles. The number of thiazole rings is 1. The molecule has 3 aromatic rings. The number of aromatic nitrogens is 3. The fourth-order valence-corrected chi connectivity index (χ4v) is 4.49.